The molecule has 3 rings (SSSR count). The number of para-hydroxylation sites is 1. The number of nitro groups is 1. The molecule has 0 atom stereocenters. The molecule has 0 unspecified atom stereocenters. The number of nitro benzene ring substituents is 1. The highest BCUT2D eigenvalue weighted by atomic mass is 32.2. The van der Waals surface area contributed by atoms with Crippen molar-refractivity contribution in [1.29, 1.82) is 0 Å². The van der Waals surface area contributed by atoms with E-state index in [2.05, 4.69) is 4.72 Å². The van der Waals surface area contributed by atoms with Gasteiger partial charge >= 0.3 is 0 Å². The summed E-state index contributed by atoms with van der Waals surface area (Å²) < 4.78 is 30.4. The molecule has 10 heteroatoms. The number of anilines is 1. The van der Waals surface area contributed by atoms with Crippen LogP contribution in [0.3, 0.4) is 0 Å². The maximum absolute atomic E-state index is 12.8. The average Bonchev–Trinajstić information content (AvgIpc) is 2.85. The van der Waals surface area contributed by atoms with Crippen LogP contribution >= 0.6 is 0 Å². The van der Waals surface area contributed by atoms with Crippen molar-refractivity contribution >= 4 is 21.4 Å². The molecule has 146 valence electrons. The third-order valence-electron chi connectivity index (χ3n) is 4.29. The Morgan fingerprint density at radius 1 is 1.11 bits per heavy atom. The molecule has 9 nitrogen and oxygen atoms in total. The molecule has 0 saturated heterocycles. The van der Waals surface area contributed by atoms with E-state index < -0.39 is 26.3 Å². The van der Waals surface area contributed by atoms with Gasteiger partial charge in [0.2, 0.25) is 10.0 Å². The van der Waals surface area contributed by atoms with E-state index in [0.29, 0.717) is 11.4 Å². The highest BCUT2D eigenvalue weighted by molar-refractivity contribution is 7.91. The van der Waals surface area contributed by atoms with Crippen LogP contribution in [0, 0.1) is 17.0 Å². The van der Waals surface area contributed by atoms with Gasteiger partial charge < -0.3 is 0 Å². The maximum Gasteiger partial charge on any atom is 0.296 e. The van der Waals surface area contributed by atoms with Crippen molar-refractivity contribution in [1.82, 2.24) is 9.36 Å². The lowest BCUT2D eigenvalue weighted by molar-refractivity contribution is -0.384. The summed E-state index contributed by atoms with van der Waals surface area (Å²) in [4.78, 5) is 23.1. The lowest BCUT2D eigenvalue weighted by Crippen LogP contribution is -2.23. The third kappa shape index (κ3) is 3.81. The lowest BCUT2D eigenvalue weighted by atomic mass is 10.2. The zero-order chi connectivity index (χ0) is 20.5. The highest BCUT2D eigenvalue weighted by Crippen LogP contribution is 2.19. The first-order valence-corrected chi connectivity index (χ1v) is 9.92. The number of nitrogens with zero attached hydrogens (tertiary/aromatic N) is 3. The van der Waals surface area contributed by atoms with E-state index >= 15 is 0 Å². The first-order valence-electron chi connectivity index (χ1n) is 8.27. The minimum absolute atomic E-state index is 0.0585. The monoisotopic (exact) mass is 402 g/mol. The zero-order valence-corrected chi connectivity index (χ0v) is 16.0. The summed E-state index contributed by atoms with van der Waals surface area (Å²) in [5.41, 5.74) is 0.526. The van der Waals surface area contributed by atoms with Crippen LogP contribution in [-0.4, -0.2) is 22.7 Å². The lowest BCUT2D eigenvalue weighted by Gasteiger charge is -2.07. The van der Waals surface area contributed by atoms with Crippen LogP contribution in [0.5, 0.6) is 0 Å². The first-order chi connectivity index (χ1) is 13.2. The molecule has 0 radical (unpaired) electrons. The van der Waals surface area contributed by atoms with Crippen molar-refractivity contribution in [3.05, 3.63) is 86.3 Å². The van der Waals surface area contributed by atoms with Gasteiger partial charge in [0.05, 0.1) is 22.1 Å². The fraction of sp³-hybridized carbons (Fsp3) is 0.167. The average molecular weight is 402 g/mol. The Balaban J connectivity index is 1.94. The Labute approximate surface area is 161 Å². The number of hydrogen-bond donors (Lipinski definition) is 1. The standard InChI is InChI=1S/C18H18N4O5S/c1-13-17(18(23)21(20(13)2)15-8-4-3-5-9-15)19-28(26,27)12-14-7-6-10-16(11-14)22(24)25/h3-11,19H,12H2,1-2H3. The number of sulfonamides is 1. The number of rotatable bonds is 6. The molecule has 0 aliphatic carbocycles. The van der Waals surface area contributed by atoms with Gasteiger partial charge in [0, 0.05) is 19.2 Å². The Morgan fingerprint density at radius 2 is 1.79 bits per heavy atom. The van der Waals surface area contributed by atoms with Crippen molar-refractivity contribution in [3.63, 3.8) is 0 Å². The van der Waals surface area contributed by atoms with Crippen LogP contribution in [0.1, 0.15) is 11.3 Å². The van der Waals surface area contributed by atoms with E-state index in [1.165, 1.54) is 28.9 Å². The van der Waals surface area contributed by atoms with Crippen LogP contribution in [0.25, 0.3) is 5.69 Å². The summed E-state index contributed by atoms with van der Waals surface area (Å²) in [7, 11) is -2.31. The number of benzene rings is 2. The fourth-order valence-electron chi connectivity index (χ4n) is 2.86. The van der Waals surface area contributed by atoms with Crippen LogP contribution in [0.15, 0.2) is 59.4 Å². The van der Waals surface area contributed by atoms with Crippen molar-refractivity contribution in [2.75, 3.05) is 4.72 Å². The van der Waals surface area contributed by atoms with E-state index in [-0.39, 0.29) is 16.9 Å². The zero-order valence-electron chi connectivity index (χ0n) is 15.2. The SMILES string of the molecule is Cc1c(NS(=O)(=O)Cc2cccc([N+](=O)[O-])c2)c(=O)n(-c2ccccc2)n1C. The van der Waals surface area contributed by atoms with Gasteiger partial charge in [-0.3, -0.25) is 24.3 Å². The second-order valence-corrected chi connectivity index (χ2v) is 7.95. The highest BCUT2D eigenvalue weighted by Gasteiger charge is 2.22. The third-order valence-corrected chi connectivity index (χ3v) is 5.52. The number of aromatic nitrogens is 2. The molecule has 0 saturated carbocycles. The van der Waals surface area contributed by atoms with Gasteiger partial charge in [0.15, 0.2) is 0 Å². The van der Waals surface area contributed by atoms with Gasteiger partial charge in [-0.05, 0) is 24.6 Å². The topological polar surface area (TPSA) is 116 Å². The minimum Gasteiger partial charge on any atom is -0.283 e. The van der Waals surface area contributed by atoms with Crippen molar-refractivity contribution in [2.45, 2.75) is 12.7 Å². The molecule has 28 heavy (non-hydrogen) atoms. The molecule has 3 aromatic rings. The molecule has 0 aliphatic heterocycles. The largest absolute Gasteiger partial charge is 0.296 e. The Bertz CT molecular complexity index is 1200. The summed E-state index contributed by atoms with van der Waals surface area (Å²) in [6, 6.07) is 14.2. The van der Waals surface area contributed by atoms with E-state index in [0.717, 1.165) is 0 Å². The molecular formula is C18H18N4O5S. The fourth-order valence-corrected chi connectivity index (χ4v) is 4.09. The second kappa shape index (κ2) is 7.31. The molecule has 0 bridgehead atoms. The van der Waals surface area contributed by atoms with Crippen LogP contribution < -0.4 is 10.3 Å². The summed E-state index contributed by atoms with van der Waals surface area (Å²) in [5, 5.41) is 10.9. The molecule has 1 N–H and O–H groups in total. The van der Waals surface area contributed by atoms with Crippen LogP contribution in [0.4, 0.5) is 11.4 Å². The minimum atomic E-state index is -3.96. The molecule has 0 amide bonds. The summed E-state index contributed by atoms with van der Waals surface area (Å²) in [6.45, 7) is 1.63. The molecular weight excluding hydrogens is 384 g/mol. The van der Waals surface area contributed by atoms with Crippen LogP contribution in [-0.2, 0) is 22.8 Å². The predicted octanol–water partition coefficient (Wildman–Crippen LogP) is 2.33. The van der Waals surface area contributed by atoms with E-state index in [1.54, 1.807) is 42.9 Å². The summed E-state index contributed by atoms with van der Waals surface area (Å²) in [5.74, 6) is -0.492. The molecule has 2 aromatic carbocycles. The predicted molar refractivity (Wildman–Crippen MR) is 105 cm³/mol. The van der Waals surface area contributed by atoms with Crippen molar-refractivity contribution < 1.29 is 13.3 Å². The Morgan fingerprint density at radius 3 is 2.43 bits per heavy atom. The van der Waals surface area contributed by atoms with Gasteiger partial charge in [-0.2, -0.15) is 0 Å². The normalized spacial score (nSPS) is 11.4. The van der Waals surface area contributed by atoms with E-state index in [1.807, 2.05) is 6.07 Å². The second-order valence-electron chi connectivity index (χ2n) is 6.22. The molecule has 1 heterocycles. The summed E-state index contributed by atoms with van der Waals surface area (Å²) in [6.07, 6.45) is 0. The first kappa shape index (κ1) is 19.4. The van der Waals surface area contributed by atoms with Crippen molar-refractivity contribution in [3.8, 4) is 5.69 Å². The molecule has 0 spiro atoms. The van der Waals surface area contributed by atoms with E-state index in [4.69, 9.17) is 0 Å². The number of hydrogen-bond acceptors (Lipinski definition) is 5. The molecule has 0 fully saturated rings. The smallest absolute Gasteiger partial charge is 0.283 e. The van der Waals surface area contributed by atoms with Gasteiger partial charge in [-0.15, -0.1) is 0 Å². The van der Waals surface area contributed by atoms with Gasteiger partial charge in [0.1, 0.15) is 5.69 Å². The number of nitrogens with one attached hydrogen (secondary N) is 1. The van der Waals surface area contributed by atoms with Gasteiger partial charge in [-0.1, -0.05) is 30.3 Å². The molecule has 1 aromatic heterocycles. The van der Waals surface area contributed by atoms with Gasteiger partial charge in [0.25, 0.3) is 11.2 Å². The van der Waals surface area contributed by atoms with E-state index in [9.17, 15) is 23.3 Å². The van der Waals surface area contributed by atoms with Gasteiger partial charge in [-0.25, -0.2) is 13.1 Å². The number of non-ortho nitro benzene ring substituents is 1. The maximum atomic E-state index is 12.8. The summed E-state index contributed by atoms with van der Waals surface area (Å²) >= 11 is 0. The quantitative estimate of drug-likeness (QED) is 0.502. The Hall–Kier alpha value is -3.40. The van der Waals surface area contributed by atoms with Crippen LogP contribution in [0.2, 0.25) is 0 Å². The van der Waals surface area contributed by atoms with Crippen molar-refractivity contribution in [2.24, 2.45) is 7.05 Å². The Kier molecular flexibility index (Phi) is 5.06. The molecule has 0 aliphatic rings.